The van der Waals surface area contributed by atoms with Crippen molar-refractivity contribution in [2.45, 2.75) is 26.7 Å². The maximum Gasteiger partial charge on any atom is 0.307 e. The van der Waals surface area contributed by atoms with Crippen molar-refractivity contribution in [1.82, 2.24) is 0 Å². The van der Waals surface area contributed by atoms with E-state index in [9.17, 15) is 9.59 Å². The first kappa shape index (κ1) is 9.23. The predicted molar refractivity (Wildman–Crippen MR) is 43.7 cm³/mol. The first-order valence-electron chi connectivity index (χ1n) is 4.30. The molecule has 0 spiro atoms. The Hall–Kier alpha value is -0.860. The Labute approximate surface area is 71.8 Å². The number of carboxylic acids is 1. The molecule has 0 heterocycles. The summed E-state index contributed by atoms with van der Waals surface area (Å²) in [5.41, 5.74) is 0. The van der Waals surface area contributed by atoms with Gasteiger partial charge in [-0.2, -0.15) is 0 Å². The molecule has 12 heavy (non-hydrogen) atoms. The molecule has 0 radical (unpaired) electrons. The fourth-order valence-corrected chi connectivity index (χ4v) is 1.56. The third-order valence-electron chi connectivity index (χ3n) is 2.53. The minimum Gasteiger partial charge on any atom is -0.481 e. The number of Topliss-reactive ketones (excluding diaryl/α,β-unsaturated/α-hetero) is 1. The average molecular weight is 170 g/mol. The predicted octanol–water partition coefficient (Wildman–Crippen LogP) is 1.32. The molecule has 0 aromatic carbocycles. The van der Waals surface area contributed by atoms with E-state index in [1.807, 2.05) is 13.8 Å². The van der Waals surface area contributed by atoms with Gasteiger partial charge in [-0.3, -0.25) is 9.59 Å². The van der Waals surface area contributed by atoms with Crippen LogP contribution in [-0.4, -0.2) is 16.9 Å². The van der Waals surface area contributed by atoms with Crippen LogP contribution < -0.4 is 0 Å². The topological polar surface area (TPSA) is 54.4 Å². The minimum absolute atomic E-state index is 0.0304. The van der Waals surface area contributed by atoms with Gasteiger partial charge in [0.1, 0.15) is 5.78 Å². The molecule has 1 aliphatic rings. The molecule has 0 aromatic heterocycles. The molecule has 2 unspecified atom stereocenters. The van der Waals surface area contributed by atoms with E-state index in [4.69, 9.17) is 5.11 Å². The van der Waals surface area contributed by atoms with Crippen molar-refractivity contribution in [2.24, 2.45) is 17.8 Å². The van der Waals surface area contributed by atoms with E-state index in [0.717, 1.165) is 6.42 Å². The second-order valence-electron chi connectivity index (χ2n) is 3.69. The van der Waals surface area contributed by atoms with Gasteiger partial charge in [-0.15, -0.1) is 0 Å². The summed E-state index contributed by atoms with van der Waals surface area (Å²) in [6, 6.07) is 0. The third kappa shape index (κ3) is 1.49. The molecule has 3 heteroatoms. The van der Waals surface area contributed by atoms with Gasteiger partial charge in [-0.1, -0.05) is 13.8 Å². The molecule has 1 fully saturated rings. The quantitative estimate of drug-likeness (QED) is 0.695. The van der Waals surface area contributed by atoms with E-state index < -0.39 is 11.9 Å². The second kappa shape index (κ2) is 3.25. The van der Waals surface area contributed by atoms with Gasteiger partial charge in [0.15, 0.2) is 0 Å². The van der Waals surface area contributed by atoms with Crippen LogP contribution in [0.1, 0.15) is 26.7 Å². The normalized spacial score (nSPS) is 28.2. The lowest BCUT2D eigenvalue weighted by atomic mass is 9.69. The summed E-state index contributed by atoms with van der Waals surface area (Å²) in [6.45, 7) is 3.64. The molecule has 1 saturated carbocycles. The summed E-state index contributed by atoms with van der Waals surface area (Å²) in [5, 5.41) is 8.68. The average Bonchev–Trinajstić information content (AvgIpc) is 1.82. The van der Waals surface area contributed by atoms with E-state index in [2.05, 4.69) is 0 Å². The van der Waals surface area contributed by atoms with Crippen LogP contribution >= 0.6 is 0 Å². The van der Waals surface area contributed by atoms with Gasteiger partial charge < -0.3 is 5.11 Å². The largest absolute Gasteiger partial charge is 0.481 e. The van der Waals surface area contributed by atoms with Crippen LogP contribution in [-0.2, 0) is 9.59 Å². The zero-order valence-electron chi connectivity index (χ0n) is 7.41. The number of hydrogen-bond donors (Lipinski definition) is 1. The Bertz CT molecular complexity index is 208. The van der Waals surface area contributed by atoms with Crippen LogP contribution in [0.4, 0.5) is 0 Å². The lowest BCUT2D eigenvalue weighted by Crippen LogP contribution is -2.39. The highest BCUT2D eigenvalue weighted by Crippen LogP contribution is 2.36. The number of carboxylic acid groups (broad SMARTS) is 1. The van der Waals surface area contributed by atoms with Gasteiger partial charge in [-0.25, -0.2) is 0 Å². The number of rotatable bonds is 3. The number of hydrogen-bond acceptors (Lipinski definition) is 2. The molecule has 0 amide bonds. The summed E-state index contributed by atoms with van der Waals surface area (Å²) in [5.74, 6) is -1.35. The molecule has 3 nitrogen and oxygen atoms in total. The van der Waals surface area contributed by atoms with Gasteiger partial charge in [-0.05, 0) is 12.8 Å². The Morgan fingerprint density at radius 2 is 1.75 bits per heavy atom. The molecule has 1 rings (SSSR count). The lowest BCUT2D eigenvalue weighted by molar-refractivity contribution is -0.152. The van der Waals surface area contributed by atoms with E-state index in [1.165, 1.54) is 0 Å². The molecule has 2 atom stereocenters. The Balaban J connectivity index is 2.55. The lowest BCUT2D eigenvalue weighted by Gasteiger charge is -2.33. The van der Waals surface area contributed by atoms with Gasteiger partial charge in [0, 0.05) is 11.8 Å². The van der Waals surface area contributed by atoms with Crippen LogP contribution in [0.15, 0.2) is 0 Å². The second-order valence-corrected chi connectivity index (χ2v) is 3.69. The highest BCUT2D eigenvalue weighted by atomic mass is 16.4. The maximum absolute atomic E-state index is 11.4. The molecular formula is C9H14O3. The summed E-state index contributed by atoms with van der Waals surface area (Å²) >= 11 is 0. The molecular weight excluding hydrogens is 156 g/mol. The maximum atomic E-state index is 11.4. The van der Waals surface area contributed by atoms with Gasteiger partial charge >= 0.3 is 5.97 Å². The molecule has 0 aliphatic heterocycles. The zero-order valence-corrected chi connectivity index (χ0v) is 7.41. The smallest absolute Gasteiger partial charge is 0.307 e. The monoisotopic (exact) mass is 170 g/mol. The number of aliphatic carboxylic acids is 1. The fourth-order valence-electron chi connectivity index (χ4n) is 1.56. The van der Waals surface area contributed by atoms with E-state index >= 15 is 0 Å². The van der Waals surface area contributed by atoms with Crippen molar-refractivity contribution in [2.75, 3.05) is 0 Å². The standard InChI is InChI=1S/C9H14O3/c1-5(2)8(10)6-3-4-7(6)9(11)12/h5-7H,3-4H2,1-2H3,(H,11,12). The first-order chi connectivity index (χ1) is 5.54. The summed E-state index contributed by atoms with van der Waals surface area (Å²) in [4.78, 5) is 21.9. The van der Waals surface area contributed by atoms with Crippen LogP contribution in [0.25, 0.3) is 0 Å². The summed E-state index contributed by atoms with van der Waals surface area (Å²) < 4.78 is 0. The molecule has 0 saturated heterocycles. The molecule has 1 N–H and O–H groups in total. The third-order valence-corrected chi connectivity index (χ3v) is 2.53. The highest BCUT2D eigenvalue weighted by Gasteiger charge is 2.41. The first-order valence-corrected chi connectivity index (χ1v) is 4.30. The van der Waals surface area contributed by atoms with Crippen molar-refractivity contribution < 1.29 is 14.7 Å². The number of ketones is 1. The van der Waals surface area contributed by atoms with E-state index in [1.54, 1.807) is 0 Å². The van der Waals surface area contributed by atoms with Crippen molar-refractivity contribution >= 4 is 11.8 Å². The summed E-state index contributed by atoms with van der Waals surface area (Å²) in [6.07, 6.45) is 1.42. The Kier molecular flexibility index (Phi) is 2.50. The minimum atomic E-state index is -0.819. The molecule has 68 valence electrons. The Morgan fingerprint density at radius 1 is 1.25 bits per heavy atom. The molecule has 0 aromatic rings. The van der Waals surface area contributed by atoms with Crippen molar-refractivity contribution in [1.29, 1.82) is 0 Å². The fraction of sp³-hybridized carbons (Fsp3) is 0.778. The molecule has 0 bridgehead atoms. The van der Waals surface area contributed by atoms with Crippen molar-refractivity contribution in [3.63, 3.8) is 0 Å². The van der Waals surface area contributed by atoms with Gasteiger partial charge in [0.2, 0.25) is 0 Å². The van der Waals surface area contributed by atoms with E-state index in [-0.39, 0.29) is 17.6 Å². The van der Waals surface area contributed by atoms with Crippen LogP contribution in [0.3, 0.4) is 0 Å². The molecule has 1 aliphatic carbocycles. The van der Waals surface area contributed by atoms with E-state index in [0.29, 0.717) is 6.42 Å². The van der Waals surface area contributed by atoms with Crippen molar-refractivity contribution in [3.05, 3.63) is 0 Å². The van der Waals surface area contributed by atoms with Gasteiger partial charge in [0.25, 0.3) is 0 Å². The van der Waals surface area contributed by atoms with Crippen molar-refractivity contribution in [3.8, 4) is 0 Å². The van der Waals surface area contributed by atoms with Gasteiger partial charge in [0.05, 0.1) is 5.92 Å². The van der Waals surface area contributed by atoms with Crippen LogP contribution in [0.5, 0.6) is 0 Å². The SMILES string of the molecule is CC(C)C(=O)C1CCC1C(=O)O. The number of carbonyl (C=O) groups excluding carboxylic acids is 1. The Morgan fingerprint density at radius 3 is 2.00 bits per heavy atom. The zero-order chi connectivity index (χ0) is 9.30. The number of carbonyl (C=O) groups is 2. The van der Waals surface area contributed by atoms with Crippen LogP contribution in [0.2, 0.25) is 0 Å². The highest BCUT2D eigenvalue weighted by molar-refractivity contribution is 5.88. The summed E-state index contributed by atoms with van der Waals surface area (Å²) in [7, 11) is 0. The van der Waals surface area contributed by atoms with Crippen LogP contribution in [0, 0.1) is 17.8 Å².